The first-order valence-electron chi connectivity index (χ1n) is 10.3. The summed E-state index contributed by atoms with van der Waals surface area (Å²) in [6.07, 6.45) is 2.19. The topological polar surface area (TPSA) is 66.8 Å². The lowest BCUT2D eigenvalue weighted by atomic mass is 10.00. The van der Waals surface area contributed by atoms with Crippen molar-refractivity contribution in [3.8, 4) is 5.69 Å². The van der Waals surface area contributed by atoms with Crippen LogP contribution in [0.5, 0.6) is 0 Å². The van der Waals surface area contributed by atoms with Crippen molar-refractivity contribution in [2.24, 2.45) is 5.92 Å². The van der Waals surface area contributed by atoms with Gasteiger partial charge in [0.15, 0.2) is 5.65 Å². The van der Waals surface area contributed by atoms with E-state index in [1.807, 2.05) is 29.7 Å². The molecule has 1 saturated heterocycles. The molecule has 1 fully saturated rings. The van der Waals surface area contributed by atoms with Crippen LogP contribution >= 0.6 is 12.2 Å². The van der Waals surface area contributed by atoms with Gasteiger partial charge in [-0.25, -0.2) is 4.98 Å². The Labute approximate surface area is 179 Å². The standard InChI is InChI=1S/C23H23N5OS/c1-14-9-11-27(12-10-14)23-25-20-19(21(29)26-23)22(30)28(15(2)24-20)18-8-7-16-5-3-4-6-17(16)13-18/h3-8,13-14H,9-12H2,1-2H3,(H,25,26,29). The molecule has 1 N–H and O–H groups in total. The van der Waals surface area contributed by atoms with Crippen molar-refractivity contribution in [2.45, 2.75) is 26.7 Å². The summed E-state index contributed by atoms with van der Waals surface area (Å²) in [5, 5.41) is 2.62. The number of hydrogen-bond acceptors (Lipinski definition) is 5. The molecule has 6 nitrogen and oxygen atoms in total. The van der Waals surface area contributed by atoms with Gasteiger partial charge in [0.05, 0.1) is 0 Å². The molecule has 152 valence electrons. The second-order valence-electron chi connectivity index (χ2n) is 8.09. The first-order chi connectivity index (χ1) is 14.5. The van der Waals surface area contributed by atoms with E-state index in [9.17, 15) is 4.79 Å². The Hall–Kier alpha value is -3.06. The number of rotatable bonds is 2. The highest BCUT2D eigenvalue weighted by Gasteiger charge is 2.20. The molecular formula is C23H23N5OS. The Morgan fingerprint density at radius 2 is 1.80 bits per heavy atom. The lowest BCUT2D eigenvalue weighted by molar-refractivity contribution is 0.434. The average molecular weight is 418 g/mol. The third-order valence-electron chi connectivity index (χ3n) is 5.97. The van der Waals surface area contributed by atoms with E-state index in [4.69, 9.17) is 12.2 Å². The van der Waals surface area contributed by atoms with Crippen LogP contribution in [0.25, 0.3) is 27.5 Å². The minimum Gasteiger partial charge on any atom is -0.342 e. The molecule has 5 rings (SSSR count). The summed E-state index contributed by atoms with van der Waals surface area (Å²) in [6.45, 7) is 5.93. The van der Waals surface area contributed by atoms with Gasteiger partial charge in [-0.1, -0.05) is 49.5 Å². The van der Waals surface area contributed by atoms with Gasteiger partial charge in [-0.15, -0.1) is 0 Å². The van der Waals surface area contributed by atoms with E-state index < -0.39 is 0 Å². The number of piperidine rings is 1. The highest BCUT2D eigenvalue weighted by molar-refractivity contribution is 7.71. The number of aryl methyl sites for hydroxylation is 1. The number of fused-ring (bicyclic) bond motifs is 2. The Balaban J connectivity index is 1.66. The van der Waals surface area contributed by atoms with Gasteiger partial charge < -0.3 is 4.90 Å². The maximum absolute atomic E-state index is 13.0. The van der Waals surface area contributed by atoms with Crippen molar-refractivity contribution < 1.29 is 0 Å². The minimum atomic E-state index is -0.235. The lowest BCUT2D eigenvalue weighted by Crippen LogP contribution is -2.35. The van der Waals surface area contributed by atoms with E-state index in [-0.39, 0.29) is 5.56 Å². The van der Waals surface area contributed by atoms with Crippen molar-refractivity contribution in [2.75, 3.05) is 18.0 Å². The van der Waals surface area contributed by atoms with Gasteiger partial charge in [0.25, 0.3) is 5.56 Å². The largest absolute Gasteiger partial charge is 0.342 e. The summed E-state index contributed by atoms with van der Waals surface area (Å²) in [6, 6.07) is 14.3. The summed E-state index contributed by atoms with van der Waals surface area (Å²) in [7, 11) is 0. The molecule has 2 aromatic carbocycles. The van der Waals surface area contributed by atoms with Crippen LogP contribution in [0, 0.1) is 17.5 Å². The highest BCUT2D eigenvalue weighted by atomic mass is 32.1. The van der Waals surface area contributed by atoms with Crippen molar-refractivity contribution in [3.05, 3.63) is 63.3 Å². The van der Waals surface area contributed by atoms with E-state index in [0.717, 1.165) is 42.4 Å². The molecule has 1 aliphatic rings. The van der Waals surface area contributed by atoms with Crippen LogP contribution in [-0.4, -0.2) is 32.6 Å². The van der Waals surface area contributed by atoms with Crippen LogP contribution < -0.4 is 10.5 Å². The number of aromatic nitrogens is 4. The number of nitrogens with zero attached hydrogens (tertiary/aromatic N) is 4. The Bertz CT molecular complexity index is 1380. The lowest BCUT2D eigenvalue weighted by Gasteiger charge is -2.30. The predicted octanol–water partition coefficient (Wildman–Crippen LogP) is 4.54. The average Bonchev–Trinajstić information content (AvgIpc) is 2.73. The number of aromatic amines is 1. The first-order valence-corrected chi connectivity index (χ1v) is 10.7. The second-order valence-corrected chi connectivity index (χ2v) is 8.48. The van der Waals surface area contributed by atoms with Gasteiger partial charge in [0.1, 0.15) is 15.9 Å². The molecule has 7 heteroatoms. The molecule has 4 aromatic rings. The molecule has 30 heavy (non-hydrogen) atoms. The number of nitrogens with one attached hydrogen (secondary N) is 1. The van der Waals surface area contributed by atoms with Crippen molar-refractivity contribution in [1.29, 1.82) is 0 Å². The molecule has 2 aromatic heterocycles. The molecule has 0 unspecified atom stereocenters. The summed E-state index contributed by atoms with van der Waals surface area (Å²) in [4.78, 5) is 27.4. The summed E-state index contributed by atoms with van der Waals surface area (Å²) < 4.78 is 2.28. The summed E-state index contributed by atoms with van der Waals surface area (Å²) >= 11 is 5.74. The number of hydrogen-bond donors (Lipinski definition) is 1. The Morgan fingerprint density at radius 1 is 1.07 bits per heavy atom. The number of H-pyrrole nitrogens is 1. The van der Waals surface area contributed by atoms with Gasteiger partial charge >= 0.3 is 0 Å². The first kappa shape index (κ1) is 18.9. The van der Waals surface area contributed by atoms with E-state index in [1.54, 1.807) is 0 Å². The summed E-state index contributed by atoms with van der Waals surface area (Å²) in [5.41, 5.74) is 1.06. The van der Waals surface area contributed by atoms with Gasteiger partial charge in [-0.05, 0) is 48.6 Å². The molecule has 0 amide bonds. The third kappa shape index (κ3) is 3.19. The predicted molar refractivity (Wildman–Crippen MR) is 123 cm³/mol. The fourth-order valence-corrected chi connectivity index (χ4v) is 4.60. The quantitative estimate of drug-likeness (QED) is 0.485. The second kappa shape index (κ2) is 7.32. The molecule has 1 aliphatic heterocycles. The molecule has 0 saturated carbocycles. The molecular weight excluding hydrogens is 394 g/mol. The van der Waals surface area contributed by atoms with E-state index in [1.165, 1.54) is 0 Å². The smallest absolute Gasteiger partial charge is 0.264 e. The molecule has 0 aliphatic carbocycles. The van der Waals surface area contributed by atoms with Gasteiger partial charge in [0, 0.05) is 18.8 Å². The zero-order chi connectivity index (χ0) is 20.8. The SMILES string of the molecule is Cc1nc2nc(N3CCC(C)CC3)[nH]c(=O)c2c(=S)n1-c1ccc2ccccc2c1. The van der Waals surface area contributed by atoms with E-state index in [0.29, 0.717) is 33.4 Å². The van der Waals surface area contributed by atoms with Crippen LogP contribution in [0.1, 0.15) is 25.6 Å². The van der Waals surface area contributed by atoms with Crippen LogP contribution in [0.3, 0.4) is 0 Å². The van der Waals surface area contributed by atoms with Crippen molar-refractivity contribution in [3.63, 3.8) is 0 Å². The maximum atomic E-state index is 13.0. The fraction of sp³-hybridized carbons (Fsp3) is 0.304. The third-order valence-corrected chi connectivity index (χ3v) is 6.36. The van der Waals surface area contributed by atoms with Crippen LogP contribution in [0.4, 0.5) is 5.95 Å². The van der Waals surface area contributed by atoms with Gasteiger partial charge in [-0.3, -0.25) is 14.3 Å². The zero-order valence-corrected chi connectivity index (χ0v) is 17.9. The van der Waals surface area contributed by atoms with Crippen molar-refractivity contribution in [1.82, 2.24) is 19.5 Å². The molecule has 0 spiro atoms. The molecule has 3 heterocycles. The van der Waals surface area contributed by atoms with Crippen LogP contribution in [0.2, 0.25) is 0 Å². The van der Waals surface area contributed by atoms with Gasteiger partial charge in [-0.2, -0.15) is 4.98 Å². The fourth-order valence-electron chi connectivity index (χ4n) is 4.18. The Morgan fingerprint density at radius 3 is 2.57 bits per heavy atom. The Kier molecular flexibility index (Phi) is 4.62. The molecule has 0 atom stereocenters. The van der Waals surface area contributed by atoms with E-state index >= 15 is 0 Å². The van der Waals surface area contributed by atoms with Crippen LogP contribution in [0.15, 0.2) is 47.3 Å². The summed E-state index contributed by atoms with van der Waals surface area (Å²) in [5.74, 6) is 2.00. The maximum Gasteiger partial charge on any atom is 0.264 e. The number of benzene rings is 2. The zero-order valence-electron chi connectivity index (χ0n) is 17.1. The van der Waals surface area contributed by atoms with Crippen LogP contribution in [-0.2, 0) is 0 Å². The molecule has 0 radical (unpaired) electrons. The number of anilines is 1. The van der Waals surface area contributed by atoms with Gasteiger partial charge in [0.2, 0.25) is 5.95 Å². The van der Waals surface area contributed by atoms with Crippen molar-refractivity contribution >= 4 is 40.0 Å². The minimum absolute atomic E-state index is 0.235. The van der Waals surface area contributed by atoms with E-state index in [2.05, 4.69) is 51.0 Å². The monoisotopic (exact) mass is 417 g/mol. The normalized spacial score (nSPS) is 15.2. The molecule has 0 bridgehead atoms. The highest BCUT2D eigenvalue weighted by Crippen LogP contribution is 2.23.